The molecule has 2 aromatic rings. The molecule has 1 aromatic heterocycles. The summed E-state index contributed by atoms with van der Waals surface area (Å²) in [5, 5.41) is 8.79. The Morgan fingerprint density at radius 2 is 1.96 bits per heavy atom. The zero-order valence-corrected chi connectivity index (χ0v) is 14.2. The Hall–Kier alpha value is -2.83. The van der Waals surface area contributed by atoms with Gasteiger partial charge < -0.3 is 19.9 Å². The van der Waals surface area contributed by atoms with Gasteiger partial charge in [-0.05, 0) is 51.0 Å². The van der Waals surface area contributed by atoms with Crippen LogP contribution in [0, 0.1) is 20.8 Å². The van der Waals surface area contributed by atoms with E-state index in [0.29, 0.717) is 17.3 Å². The number of ether oxygens (including phenoxy) is 1. The summed E-state index contributed by atoms with van der Waals surface area (Å²) in [6.45, 7) is 7.11. The first kappa shape index (κ1) is 17.5. The lowest BCUT2D eigenvalue weighted by Crippen LogP contribution is -2.43. The first-order chi connectivity index (χ1) is 11.3. The summed E-state index contributed by atoms with van der Waals surface area (Å²) in [6.07, 6.45) is 0. The number of carbonyl (C=O) groups excluding carboxylic acids is 2. The van der Waals surface area contributed by atoms with Crippen LogP contribution in [0.25, 0.3) is 0 Å². The van der Waals surface area contributed by atoms with Crippen molar-refractivity contribution >= 4 is 17.6 Å². The van der Waals surface area contributed by atoms with Crippen molar-refractivity contribution in [3.05, 3.63) is 41.2 Å². The van der Waals surface area contributed by atoms with Gasteiger partial charge in [0.15, 0.2) is 12.4 Å². The van der Waals surface area contributed by atoms with Gasteiger partial charge in [-0.1, -0.05) is 11.2 Å². The quantitative estimate of drug-likeness (QED) is 0.846. The second-order valence-corrected chi connectivity index (χ2v) is 5.64. The van der Waals surface area contributed by atoms with Gasteiger partial charge in [0.05, 0.1) is 0 Å². The summed E-state index contributed by atoms with van der Waals surface area (Å²) in [5.41, 5.74) is 2.24. The van der Waals surface area contributed by atoms with Gasteiger partial charge in [-0.2, -0.15) is 0 Å². The van der Waals surface area contributed by atoms with Crippen LogP contribution in [0.1, 0.15) is 23.8 Å². The van der Waals surface area contributed by atoms with E-state index >= 15 is 0 Å². The Morgan fingerprint density at radius 3 is 2.58 bits per heavy atom. The summed E-state index contributed by atoms with van der Waals surface area (Å²) in [4.78, 5) is 23.9. The molecule has 7 nitrogen and oxygen atoms in total. The first-order valence-corrected chi connectivity index (χ1v) is 7.58. The van der Waals surface area contributed by atoms with Crippen LogP contribution >= 0.6 is 0 Å². The third-order valence-electron chi connectivity index (χ3n) is 3.50. The highest BCUT2D eigenvalue weighted by Gasteiger charge is 2.17. The van der Waals surface area contributed by atoms with Crippen LogP contribution in [0.15, 0.2) is 28.8 Å². The standard InChI is InChI=1S/C17H21N3O4/c1-10-5-6-14(7-11(10)2)23-9-16(21)18-13(4)17(22)19-15-8-12(3)24-20-15/h5-8,13H,9H2,1-4H3,(H,18,21)(H,19,20,22)/t13-/m1/s1. The molecule has 0 radical (unpaired) electrons. The molecule has 0 bridgehead atoms. The van der Waals surface area contributed by atoms with Gasteiger partial charge in [0.1, 0.15) is 17.6 Å². The average Bonchev–Trinajstić information content (AvgIpc) is 2.93. The molecule has 0 saturated heterocycles. The Morgan fingerprint density at radius 1 is 1.21 bits per heavy atom. The number of benzene rings is 1. The van der Waals surface area contributed by atoms with E-state index in [-0.39, 0.29) is 18.4 Å². The molecule has 0 unspecified atom stereocenters. The van der Waals surface area contributed by atoms with Crippen LogP contribution < -0.4 is 15.4 Å². The van der Waals surface area contributed by atoms with Crippen LogP contribution in [0.4, 0.5) is 5.82 Å². The van der Waals surface area contributed by atoms with Crippen LogP contribution in [0.2, 0.25) is 0 Å². The number of hydrogen-bond donors (Lipinski definition) is 2. The molecule has 7 heteroatoms. The highest BCUT2D eigenvalue weighted by molar-refractivity contribution is 5.96. The minimum Gasteiger partial charge on any atom is -0.484 e. The predicted octanol–water partition coefficient (Wildman–Crippen LogP) is 2.12. The molecule has 0 aliphatic carbocycles. The molecule has 128 valence electrons. The molecule has 0 aliphatic rings. The molecule has 2 N–H and O–H groups in total. The highest BCUT2D eigenvalue weighted by Crippen LogP contribution is 2.16. The topological polar surface area (TPSA) is 93.5 Å². The zero-order chi connectivity index (χ0) is 17.7. The third-order valence-corrected chi connectivity index (χ3v) is 3.50. The summed E-state index contributed by atoms with van der Waals surface area (Å²) in [6, 6.07) is 6.47. The molecule has 2 rings (SSSR count). The fraction of sp³-hybridized carbons (Fsp3) is 0.353. The van der Waals surface area contributed by atoms with Crippen LogP contribution in [-0.2, 0) is 9.59 Å². The fourth-order valence-corrected chi connectivity index (χ4v) is 1.96. The van der Waals surface area contributed by atoms with E-state index < -0.39 is 6.04 Å². The normalized spacial score (nSPS) is 11.7. The number of nitrogens with one attached hydrogen (secondary N) is 2. The Labute approximate surface area is 140 Å². The van der Waals surface area contributed by atoms with E-state index in [4.69, 9.17) is 9.26 Å². The Balaban J connectivity index is 1.80. The summed E-state index contributed by atoms with van der Waals surface area (Å²) < 4.78 is 10.3. The van der Waals surface area contributed by atoms with Crippen molar-refractivity contribution < 1.29 is 18.8 Å². The van der Waals surface area contributed by atoms with E-state index in [1.807, 2.05) is 26.0 Å². The predicted molar refractivity (Wildman–Crippen MR) is 88.9 cm³/mol. The van der Waals surface area contributed by atoms with Crippen molar-refractivity contribution in [3.8, 4) is 5.75 Å². The van der Waals surface area contributed by atoms with Gasteiger partial charge in [0.25, 0.3) is 5.91 Å². The zero-order valence-electron chi connectivity index (χ0n) is 14.2. The number of amides is 2. The van der Waals surface area contributed by atoms with Gasteiger partial charge in [-0.3, -0.25) is 9.59 Å². The smallest absolute Gasteiger partial charge is 0.258 e. The minimum atomic E-state index is -0.724. The van der Waals surface area contributed by atoms with Crippen molar-refractivity contribution in [2.75, 3.05) is 11.9 Å². The van der Waals surface area contributed by atoms with Crippen molar-refractivity contribution in [2.45, 2.75) is 33.7 Å². The summed E-state index contributed by atoms with van der Waals surface area (Å²) in [7, 11) is 0. The molecule has 1 aromatic carbocycles. The van der Waals surface area contributed by atoms with Crippen molar-refractivity contribution in [1.82, 2.24) is 10.5 Å². The van der Waals surface area contributed by atoms with Crippen molar-refractivity contribution in [1.29, 1.82) is 0 Å². The summed E-state index contributed by atoms with van der Waals surface area (Å²) in [5.74, 6) is 0.743. The van der Waals surface area contributed by atoms with Gasteiger partial charge >= 0.3 is 0 Å². The average molecular weight is 331 g/mol. The molecule has 0 fully saturated rings. The molecular weight excluding hydrogens is 310 g/mol. The lowest BCUT2D eigenvalue weighted by Gasteiger charge is -2.13. The number of nitrogens with zero attached hydrogens (tertiary/aromatic N) is 1. The van der Waals surface area contributed by atoms with Gasteiger partial charge in [-0.15, -0.1) is 0 Å². The molecule has 0 aliphatic heterocycles. The van der Waals surface area contributed by atoms with E-state index in [0.717, 1.165) is 11.1 Å². The van der Waals surface area contributed by atoms with Gasteiger partial charge in [0, 0.05) is 6.07 Å². The fourth-order valence-electron chi connectivity index (χ4n) is 1.96. The molecule has 0 spiro atoms. The maximum Gasteiger partial charge on any atom is 0.258 e. The number of anilines is 1. The largest absolute Gasteiger partial charge is 0.484 e. The molecular formula is C17H21N3O4. The van der Waals surface area contributed by atoms with Crippen LogP contribution in [-0.4, -0.2) is 29.6 Å². The highest BCUT2D eigenvalue weighted by atomic mass is 16.5. The maximum atomic E-state index is 12.0. The van der Waals surface area contributed by atoms with E-state index in [2.05, 4.69) is 15.8 Å². The van der Waals surface area contributed by atoms with Gasteiger partial charge in [0.2, 0.25) is 5.91 Å². The second kappa shape index (κ2) is 7.63. The minimum absolute atomic E-state index is 0.164. The first-order valence-electron chi connectivity index (χ1n) is 7.58. The lowest BCUT2D eigenvalue weighted by molar-refractivity contribution is -0.127. The van der Waals surface area contributed by atoms with E-state index in [9.17, 15) is 9.59 Å². The third kappa shape index (κ3) is 4.84. The van der Waals surface area contributed by atoms with Gasteiger partial charge in [-0.25, -0.2) is 0 Å². The molecule has 2 amide bonds. The second-order valence-electron chi connectivity index (χ2n) is 5.64. The van der Waals surface area contributed by atoms with Crippen molar-refractivity contribution in [3.63, 3.8) is 0 Å². The molecule has 24 heavy (non-hydrogen) atoms. The monoisotopic (exact) mass is 331 g/mol. The van der Waals surface area contributed by atoms with E-state index in [1.54, 1.807) is 26.0 Å². The Kier molecular flexibility index (Phi) is 5.57. The van der Waals surface area contributed by atoms with Crippen LogP contribution in [0.3, 0.4) is 0 Å². The molecule has 1 heterocycles. The van der Waals surface area contributed by atoms with Crippen molar-refractivity contribution in [2.24, 2.45) is 0 Å². The Bertz CT molecular complexity index is 739. The number of hydrogen-bond acceptors (Lipinski definition) is 5. The van der Waals surface area contributed by atoms with Crippen LogP contribution in [0.5, 0.6) is 5.75 Å². The number of rotatable bonds is 6. The summed E-state index contributed by atoms with van der Waals surface area (Å²) >= 11 is 0. The number of aryl methyl sites for hydroxylation is 3. The maximum absolute atomic E-state index is 12.0. The number of carbonyl (C=O) groups is 2. The van der Waals surface area contributed by atoms with E-state index in [1.165, 1.54) is 0 Å². The molecule has 1 atom stereocenters. The SMILES string of the molecule is Cc1cc(NC(=O)[C@@H](C)NC(=O)COc2ccc(C)c(C)c2)no1. The molecule has 0 saturated carbocycles. The lowest BCUT2D eigenvalue weighted by atomic mass is 10.1. The number of aromatic nitrogens is 1.